The van der Waals surface area contributed by atoms with Gasteiger partial charge in [0.1, 0.15) is 0 Å². The van der Waals surface area contributed by atoms with Gasteiger partial charge < -0.3 is 5.32 Å². The van der Waals surface area contributed by atoms with Gasteiger partial charge in [-0.05, 0) is 66.0 Å². The van der Waals surface area contributed by atoms with E-state index < -0.39 is 0 Å². The lowest BCUT2D eigenvalue weighted by Crippen LogP contribution is -2.40. The van der Waals surface area contributed by atoms with E-state index in [4.69, 9.17) is 11.6 Å². The quantitative estimate of drug-likeness (QED) is 0.730. The Labute approximate surface area is 162 Å². The maximum Gasteiger partial charge on any atom is 0.228 e. The van der Waals surface area contributed by atoms with E-state index in [0.29, 0.717) is 5.02 Å². The van der Waals surface area contributed by atoms with Crippen LogP contribution in [-0.2, 0) is 11.3 Å². The zero-order chi connectivity index (χ0) is 17.8. The largest absolute Gasteiger partial charge is 0.326 e. The van der Waals surface area contributed by atoms with Gasteiger partial charge >= 0.3 is 0 Å². The number of nitrogens with zero attached hydrogens (tertiary/aromatic N) is 1. The SMILES string of the molecule is Cc1ccc(CN2CCCC(C(=O)Nc3ccc(Br)c(Cl)c3)C2)cc1. The van der Waals surface area contributed by atoms with Crippen molar-refractivity contribution in [3.05, 3.63) is 63.1 Å². The molecule has 0 radical (unpaired) electrons. The van der Waals surface area contributed by atoms with Crippen molar-refractivity contribution < 1.29 is 4.79 Å². The van der Waals surface area contributed by atoms with Gasteiger partial charge in [0, 0.05) is 23.2 Å². The highest BCUT2D eigenvalue weighted by Gasteiger charge is 2.26. The fourth-order valence-electron chi connectivity index (χ4n) is 3.18. The summed E-state index contributed by atoms with van der Waals surface area (Å²) in [6.45, 7) is 4.83. The smallest absolute Gasteiger partial charge is 0.228 e. The molecule has 0 bridgehead atoms. The van der Waals surface area contributed by atoms with Gasteiger partial charge in [0.2, 0.25) is 5.91 Å². The molecule has 1 saturated heterocycles. The second kappa shape index (κ2) is 8.35. The minimum atomic E-state index is 0.0154. The predicted octanol–water partition coefficient (Wildman–Crippen LogP) is 5.26. The molecule has 1 N–H and O–H groups in total. The highest BCUT2D eigenvalue weighted by atomic mass is 79.9. The third kappa shape index (κ3) is 5.06. The highest BCUT2D eigenvalue weighted by molar-refractivity contribution is 9.10. The summed E-state index contributed by atoms with van der Waals surface area (Å²) in [5.41, 5.74) is 3.31. The molecule has 0 aliphatic carbocycles. The number of carbonyl (C=O) groups excluding carboxylic acids is 1. The van der Waals surface area contributed by atoms with Gasteiger partial charge in [-0.1, -0.05) is 41.4 Å². The number of nitrogens with one attached hydrogen (secondary N) is 1. The molecule has 2 aromatic rings. The van der Waals surface area contributed by atoms with Gasteiger partial charge in [-0.25, -0.2) is 0 Å². The molecule has 5 heteroatoms. The van der Waals surface area contributed by atoms with Gasteiger partial charge in [0.25, 0.3) is 0 Å². The van der Waals surface area contributed by atoms with Crippen molar-refractivity contribution in [2.24, 2.45) is 5.92 Å². The van der Waals surface area contributed by atoms with Crippen molar-refractivity contribution in [1.82, 2.24) is 4.90 Å². The molecule has 1 atom stereocenters. The summed E-state index contributed by atoms with van der Waals surface area (Å²) in [5.74, 6) is 0.0913. The van der Waals surface area contributed by atoms with Crippen LogP contribution >= 0.6 is 27.5 Å². The number of aryl methyl sites for hydroxylation is 1. The number of likely N-dealkylation sites (tertiary alicyclic amines) is 1. The lowest BCUT2D eigenvalue weighted by Gasteiger charge is -2.32. The predicted molar refractivity (Wildman–Crippen MR) is 107 cm³/mol. The Morgan fingerprint density at radius 3 is 2.76 bits per heavy atom. The second-order valence-electron chi connectivity index (χ2n) is 6.68. The lowest BCUT2D eigenvalue weighted by atomic mass is 9.96. The molecule has 1 aliphatic heterocycles. The van der Waals surface area contributed by atoms with Gasteiger partial charge in [-0.2, -0.15) is 0 Å². The third-order valence-corrected chi connectivity index (χ3v) is 5.82. The molecular weight excluding hydrogens is 400 g/mol. The zero-order valence-corrected chi connectivity index (χ0v) is 16.6. The first-order chi connectivity index (χ1) is 12.0. The molecule has 1 amide bonds. The van der Waals surface area contributed by atoms with Crippen LogP contribution < -0.4 is 5.32 Å². The summed E-state index contributed by atoms with van der Waals surface area (Å²) in [4.78, 5) is 15.0. The molecule has 0 saturated carbocycles. The summed E-state index contributed by atoms with van der Waals surface area (Å²) in [5, 5.41) is 3.60. The van der Waals surface area contributed by atoms with Crippen LogP contribution in [0.5, 0.6) is 0 Å². The van der Waals surface area contributed by atoms with E-state index in [-0.39, 0.29) is 11.8 Å². The molecule has 1 heterocycles. The monoisotopic (exact) mass is 420 g/mol. The van der Waals surface area contributed by atoms with E-state index >= 15 is 0 Å². The molecule has 2 aromatic carbocycles. The topological polar surface area (TPSA) is 32.3 Å². The summed E-state index contributed by atoms with van der Waals surface area (Å²) in [7, 11) is 0. The van der Waals surface area contributed by atoms with Crippen LogP contribution in [0.1, 0.15) is 24.0 Å². The van der Waals surface area contributed by atoms with E-state index in [2.05, 4.69) is 57.3 Å². The summed E-state index contributed by atoms with van der Waals surface area (Å²) in [6, 6.07) is 14.1. The first-order valence-electron chi connectivity index (χ1n) is 8.55. The van der Waals surface area contributed by atoms with Crippen molar-refractivity contribution in [3.8, 4) is 0 Å². The Hall–Kier alpha value is -1.36. The maximum atomic E-state index is 12.6. The first-order valence-corrected chi connectivity index (χ1v) is 9.72. The highest BCUT2D eigenvalue weighted by Crippen LogP contribution is 2.26. The van der Waals surface area contributed by atoms with Crippen LogP contribution in [0.15, 0.2) is 46.9 Å². The third-order valence-electron chi connectivity index (χ3n) is 4.59. The Kier molecular flexibility index (Phi) is 6.15. The van der Waals surface area contributed by atoms with Crippen molar-refractivity contribution >= 4 is 39.1 Å². The summed E-state index contributed by atoms with van der Waals surface area (Å²) >= 11 is 9.47. The van der Waals surface area contributed by atoms with Crippen LogP contribution in [0.4, 0.5) is 5.69 Å². The normalized spacial score (nSPS) is 18.1. The minimum Gasteiger partial charge on any atom is -0.326 e. The van der Waals surface area contributed by atoms with Crippen molar-refractivity contribution in [2.75, 3.05) is 18.4 Å². The standard InChI is InChI=1S/C20H22BrClN2O/c1-14-4-6-15(7-5-14)12-24-10-2-3-16(13-24)20(25)23-17-8-9-18(21)19(22)11-17/h4-9,11,16H,2-3,10,12-13H2,1H3,(H,23,25). The van der Waals surface area contributed by atoms with Crippen LogP contribution in [0.3, 0.4) is 0 Å². The van der Waals surface area contributed by atoms with E-state index in [1.165, 1.54) is 11.1 Å². The van der Waals surface area contributed by atoms with E-state index in [1.807, 2.05) is 12.1 Å². The molecule has 0 aromatic heterocycles. The van der Waals surface area contributed by atoms with Crippen molar-refractivity contribution in [2.45, 2.75) is 26.3 Å². The average molecular weight is 422 g/mol. The number of hydrogen-bond acceptors (Lipinski definition) is 2. The number of anilines is 1. The molecule has 0 spiro atoms. The molecular formula is C20H22BrClN2O. The fraction of sp³-hybridized carbons (Fsp3) is 0.350. The minimum absolute atomic E-state index is 0.0154. The van der Waals surface area contributed by atoms with Gasteiger partial charge in [0.15, 0.2) is 0 Å². The van der Waals surface area contributed by atoms with Crippen LogP contribution in [0.2, 0.25) is 5.02 Å². The Morgan fingerprint density at radius 2 is 2.04 bits per heavy atom. The molecule has 3 rings (SSSR count). The number of amides is 1. The summed E-state index contributed by atoms with van der Waals surface area (Å²) < 4.78 is 0.828. The summed E-state index contributed by atoms with van der Waals surface area (Å²) in [6.07, 6.45) is 1.98. The molecule has 1 aliphatic rings. The number of halogens is 2. The number of benzene rings is 2. The number of rotatable bonds is 4. The second-order valence-corrected chi connectivity index (χ2v) is 7.94. The fourth-order valence-corrected chi connectivity index (χ4v) is 3.61. The van der Waals surface area contributed by atoms with E-state index in [0.717, 1.165) is 42.6 Å². The molecule has 132 valence electrons. The number of piperidine rings is 1. The lowest BCUT2D eigenvalue weighted by molar-refractivity contribution is -0.121. The number of carbonyl (C=O) groups is 1. The van der Waals surface area contributed by atoms with Crippen LogP contribution in [0, 0.1) is 12.8 Å². The van der Waals surface area contributed by atoms with Crippen molar-refractivity contribution in [1.29, 1.82) is 0 Å². The average Bonchev–Trinajstić information content (AvgIpc) is 2.60. The zero-order valence-electron chi connectivity index (χ0n) is 14.3. The van der Waals surface area contributed by atoms with Gasteiger partial charge in [-0.15, -0.1) is 0 Å². The Balaban J connectivity index is 1.59. The van der Waals surface area contributed by atoms with Crippen molar-refractivity contribution in [3.63, 3.8) is 0 Å². The van der Waals surface area contributed by atoms with E-state index in [9.17, 15) is 4.79 Å². The maximum absolute atomic E-state index is 12.6. The number of hydrogen-bond donors (Lipinski definition) is 1. The van der Waals surface area contributed by atoms with Crippen LogP contribution in [-0.4, -0.2) is 23.9 Å². The first kappa shape index (κ1) is 18.4. The molecule has 1 unspecified atom stereocenters. The van der Waals surface area contributed by atoms with E-state index in [1.54, 1.807) is 6.07 Å². The van der Waals surface area contributed by atoms with Gasteiger partial charge in [-0.3, -0.25) is 9.69 Å². The Morgan fingerprint density at radius 1 is 1.28 bits per heavy atom. The van der Waals surface area contributed by atoms with Gasteiger partial charge in [0.05, 0.1) is 10.9 Å². The van der Waals surface area contributed by atoms with Crippen LogP contribution in [0.25, 0.3) is 0 Å². The molecule has 25 heavy (non-hydrogen) atoms. The molecule has 3 nitrogen and oxygen atoms in total. The Bertz CT molecular complexity index is 748. The molecule has 1 fully saturated rings.